The Labute approximate surface area is 308 Å². The number of hydrogen-bond acceptors (Lipinski definition) is 1. The number of rotatable bonds is 4. The van der Waals surface area contributed by atoms with E-state index in [0.29, 0.717) is 0 Å². The van der Waals surface area contributed by atoms with Crippen molar-refractivity contribution in [2.24, 2.45) is 0 Å². The van der Waals surface area contributed by atoms with Gasteiger partial charge in [0.25, 0.3) is 0 Å². The summed E-state index contributed by atoms with van der Waals surface area (Å²) in [5.41, 5.74) is 12.4. The van der Waals surface area contributed by atoms with Crippen molar-refractivity contribution < 1.29 is 0 Å². The third-order valence-electron chi connectivity index (χ3n) is 11.7. The molecule has 0 saturated carbocycles. The van der Waals surface area contributed by atoms with Crippen molar-refractivity contribution in [3.8, 4) is 16.8 Å². The lowest BCUT2D eigenvalue weighted by molar-refractivity contribution is 0.630. The molecule has 0 fully saturated rings. The van der Waals surface area contributed by atoms with E-state index in [9.17, 15) is 0 Å². The first kappa shape index (κ1) is 30.0. The molecule has 10 aromatic rings. The minimum Gasteiger partial charge on any atom is -0.309 e. The van der Waals surface area contributed by atoms with Crippen molar-refractivity contribution in [1.29, 1.82) is 0 Å². The Kier molecular flexibility index (Phi) is 6.33. The fourth-order valence-corrected chi connectivity index (χ4v) is 9.19. The van der Waals surface area contributed by atoms with Crippen LogP contribution in [0.15, 0.2) is 182 Å². The highest BCUT2D eigenvalue weighted by molar-refractivity contribution is 6.14. The van der Waals surface area contributed by atoms with Crippen LogP contribution in [-0.2, 0) is 5.41 Å². The maximum absolute atomic E-state index is 2.50. The first-order valence-corrected chi connectivity index (χ1v) is 18.5. The minimum atomic E-state index is -0.0870. The fraction of sp³-hybridized carbons (Fsp3) is 0.0588. The summed E-state index contributed by atoms with van der Waals surface area (Å²) < 4.78 is 2.50. The zero-order valence-electron chi connectivity index (χ0n) is 29.7. The summed E-state index contributed by atoms with van der Waals surface area (Å²) >= 11 is 0. The van der Waals surface area contributed by atoms with E-state index in [0.717, 1.165) is 17.1 Å². The average Bonchev–Trinajstić information content (AvgIpc) is 3.54. The van der Waals surface area contributed by atoms with Crippen LogP contribution >= 0.6 is 0 Å². The summed E-state index contributed by atoms with van der Waals surface area (Å²) in [5.74, 6) is 0. The van der Waals surface area contributed by atoms with Crippen molar-refractivity contribution in [3.05, 3.63) is 193 Å². The van der Waals surface area contributed by atoms with E-state index in [-0.39, 0.29) is 5.41 Å². The number of para-hydroxylation sites is 2. The number of fused-ring (bicyclic) bond motifs is 8. The zero-order valence-corrected chi connectivity index (χ0v) is 29.7. The molecule has 11 rings (SSSR count). The van der Waals surface area contributed by atoms with Gasteiger partial charge >= 0.3 is 0 Å². The number of anilines is 3. The molecule has 1 aliphatic heterocycles. The zero-order chi connectivity index (χ0) is 35.3. The Morgan fingerprint density at radius 3 is 1.98 bits per heavy atom. The summed E-state index contributed by atoms with van der Waals surface area (Å²) in [6.07, 6.45) is 0. The molecular formula is C51H36N2. The van der Waals surface area contributed by atoms with Gasteiger partial charge in [-0.05, 0) is 86.3 Å². The van der Waals surface area contributed by atoms with Crippen LogP contribution in [0, 0.1) is 0 Å². The summed E-state index contributed by atoms with van der Waals surface area (Å²) in [7, 11) is 0. The molecule has 9 aromatic carbocycles. The summed E-state index contributed by atoms with van der Waals surface area (Å²) in [5, 5.41) is 9.94. The van der Waals surface area contributed by atoms with Gasteiger partial charge in [-0.1, -0.05) is 153 Å². The third kappa shape index (κ3) is 4.33. The summed E-state index contributed by atoms with van der Waals surface area (Å²) in [6.45, 7) is 4.72. The Morgan fingerprint density at radius 1 is 0.434 bits per heavy atom. The van der Waals surface area contributed by atoms with Crippen LogP contribution in [0.3, 0.4) is 0 Å². The van der Waals surface area contributed by atoms with Crippen molar-refractivity contribution >= 4 is 71.2 Å². The third-order valence-corrected chi connectivity index (χ3v) is 11.7. The lowest BCUT2D eigenvalue weighted by atomic mass is 9.75. The van der Waals surface area contributed by atoms with E-state index in [2.05, 4.69) is 205 Å². The number of hydrogen-bond donors (Lipinski definition) is 0. The molecule has 53 heavy (non-hydrogen) atoms. The molecule has 0 aliphatic carbocycles. The fourth-order valence-electron chi connectivity index (χ4n) is 9.19. The van der Waals surface area contributed by atoms with E-state index in [1.54, 1.807) is 0 Å². The van der Waals surface area contributed by atoms with Gasteiger partial charge in [-0.15, -0.1) is 0 Å². The molecular weight excluding hydrogens is 641 g/mol. The molecule has 0 bridgehead atoms. The van der Waals surface area contributed by atoms with Crippen molar-refractivity contribution in [2.45, 2.75) is 19.3 Å². The number of benzene rings is 9. The normalized spacial score (nSPS) is 13.2. The lowest BCUT2D eigenvalue weighted by Crippen LogP contribution is -2.26. The van der Waals surface area contributed by atoms with Gasteiger partial charge in [-0.3, -0.25) is 0 Å². The highest BCUT2D eigenvalue weighted by atomic mass is 15.1. The highest BCUT2D eigenvalue weighted by Gasteiger charge is 2.34. The molecule has 0 atom stereocenters. The standard InChI is InChI=1S/C51H36N2/c1-51(2)44-21-9-10-23-49(44)53-48-29-26-36(32-43(48)42-20-12-22-45(51)50(42)53)38-28-30-47(41-19-8-7-18-40(38)41)52(37-27-25-33-13-3-4-15-35(33)31-37)46-24-11-16-34-14-5-6-17-39(34)46/h3-32H,1-2H3. The first-order chi connectivity index (χ1) is 26.1. The van der Waals surface area contributed by atoms with Gasteiger partial charge < -0.3 is 9.47 Å². The second-order valence-electron chi connectivity index (χ2n) is 15.0. The molecule has 2 nitrogen and oxygen atoms in total. The van der Waals surface area contributed by atoms with Gasteiger partial charge in [-0.25, -0.2) is 0 Å². The molecule has 2 heteroatoms. The SMILES string of the molecule is CC1(C)c2ccccc2-n2c3ccc(-c4ccc(N(c5ccc6ccccc6c5)c5cccc6ccccc56)c5ccccc45)cc3c3cccc1c32. The smallest absolute Gasteiger partial charge is 0.0582 e. The quantitative estimate of drug-likeness (QED) is 0.180. The van der Waals surface area contributed by atoms with Gasteiger partial charge in [0.2, 0.25) is 0 Å². The summed E-state index contributed by atoms with van der Waals surface area (Å²) in [6, 6.07) is 67.2. The number of aromatic nitrogens is 1. The molecule has 1 aliphatic rings. The Morgan fingerprint density at radius 2 is 1.09 bits per heavy atom. The van der Waals surface area contributed by atoms with Crippen LogP contribution in [0.4, 0.5) is 17.1 Å². The van der Waals surface area contributed by atoms with Gasteiger partial charge in [0.1, 0.15) is 0 Å². The van der Waals surface area contributed by atoms with Gasteiger partial charge in [0.15, 0.2) is 0 Å². The van der Waals surface area contributed by atoms with E-state index in [1.165, 1.54) is 82.1 Å². The molecule has 0 N–H and O–H groups in total. The van der Waals surface area contributed by atoms with Crippen LogP contribution in [0.25, 0.3) is 70.9 Å². The van der Waals surface area contributed by atoms with E-state index in [1.807, 2.05) is 0 Å². The maximum Gasteiger partial charge on any atom is 0.0582 e. The maximum atomic E-state index is 2.50. The van der Waals surface area contributed by atoms with E-state index in [4.69, 9.17) is 0 Å². The minimum absolute atomic E-state index is 0.0870. The molecule has 0 amide bonds. The lowest BCUT2D eigenvalue weighted by Gasteiger charge is -2.34. The number of nitrogens with zero attached hydrogens (tertiary/aromatic N) is 2. The monoisotopic (exact) mass is 676 g/mol. The van der Waals surface area contributed by atoms with Crippen LogP contribution in [0.5, 0.6) is 0 Å². The van der Waals surface area contributed by atoms with Crippen LogP contribution in [0.1, 0.15) is 25.0 Å². The Hall–Kier alpha value is -6.64. The predicted octanol–water partition coefficient (Wildman–Crippen LogP) is 14.0. The summed E-state index contributed by atoms with van der Waals surface area (Å²) in [4.78, 5) is 2.45. The molecule has 0 unspecified atom stereocenters. The molecule has 0 spiro atoms. The molecule has 0 radical (unpaired) electrons. The Balaban J connectivity index is 1.15. The average molecular weight is 677 g/mol. The Bertz CT molecular complexity index is 3100. The predicted molar refractivity (Wildman–Crippen MR) is 226 cm³/mol. The molecule has 1 aromatic heterocycles. The van der Waals surface area contributed by atoms with Crippen LogP contribution in [-0.4, -0.2) is 4.57 Å². The molecule has 2 heterocycles. The van der Waals surface area contributed by atoms with Gasteiger partial charge in [0, 0.05) is 32.6 Å². The van der Waals surface area contributed by atoms with Gasteiger partial charge in [0.05, 0.1) is 28.1 Å². The van der Waals surface area contributed by atoms with Gasteiger partial charge in [-0.2, -0.15) is 0 Å². The van der Waals surface area contributed by atoms with Crippen LogP contribution in [0.2, 0.25) is 0 Å². The second-order valence-corrected chi connectivity index (χ2v) is 15.0. The van der Waals surface area contributed by atoms with Crippen molar-refractivity contribution in [2.75, 3.05) is 4.90 Å². The van der Waals surface area contributed by atoms with Crippen LogP contribution < -0.4 is 4.90 Å². The molecule has 0 saturated heterocycles. The largest absolute Gasteiger partial charge is 0.309 e. The first-order valence-electron chi connectivity index (χ1n) is 18.5. The van der Waals surface area contributed by atoms with E-state index >= 15 is 0 Å². The van der Waals surface area contributed by atoms with Crippen molar-refractivity contribution in [1.82, 2.24) is 4.57 Å². The van der Waals surface area contributed by atoms with Crippen molar-refractivity contribution in [3.63, 3.8) is 0 Å². The highest BCUT2D eigenvalue weighted by Crippen LogP contribution is 2.49. The molecule has 250 valence electrons. The topological polar surface area (TPSA) is 8.17 Å². The second kappa shape index (κ2) is 11.2. The van der Waals surface area contributed by atoms with E-state index < -0.39 is 0 Å².